The van der Waals surface area contributed by atoms with Gasteiger partial charge in [-0.1, -0.05) is 22.9 Å². The summed E-state index contributed by atoms with van der Waals surface area (Å²) in [6.07, 6.45) is 3.85. The molecule has 140 valence electrons. The molecule has 0 saturated heterocycles. The van der Waals surface area contributed by atoms with Crippen LogP contribution in [0.1, 0.15) is 0 Å². The molecule has 0 bridgehead atoms. The van der Waals surface area contributed by atoms with Crippen LogP contribution in [0.4, 0.5) is 0 Å². The number of nitrogens with zero attached hydrogens (tertiary/aromatic N) is 3. The molecule has 1 N–H and O–H groups in total. The highest BCUT2D eigenvalue weighted by Crippen LogP contribution is 2.36. The van der Waals surface area contributed by atoms with Gasteiger partial charge in [0.1, 0.15) is 16.5 Å². The lowest BCUT2D eigenvalue weighted by molar-refractivity contribution is 0.404. The molecular weight excluding hydrogens is 396 g/mol. The first-order chi connectivity index (χ1) is 13.7. The molecule has 28 heavy (non-hydrogen) atoms. The number of nitrogens with one attached hydrogen (secondary N) is 1. The van der Waals surface area contributed by atoms with Gasteiger partial charge in [-0.25, -0.2) is 9.50 Å². The van der Waals surface area contributed by atoms with Crippen LogP contribution in [0.15, 0.2) is 48.8 Å². The van der Waals surface area contributed by atoms with Crippen molar-refractivity contribution in [1.82, 2.24) is 19.6 Å². The lowest BCUT2D eigenvalue weighted by Crippen LogP contribution is -1.90. The van der Waals surface area contributed by atoms with Crippen molar-refractivity contribution in [3.05, 3.63) is 53.8 Å². The maximum Gasteiger partial charge on any atom is 0.213 e. The van der Waals surface area contributed by atoms with Gasteiger partial charge >= 0.3 is 0 Å². The number of imidazole rings is 1. The zero-order valence-corrected chi connectivity index (χ0v) is 16.6. The molecule has 0 aliphatic rings. The van der Waals surface area contributed by atoms with Gasteiger partial charge in [-0.15, -0.1) is 0 Å². The largest absolute Gasteiger partial charge is 0.497 e. The van der Waals surface area contributed by atoms with Crippen LogP contribution in [0.25, 0.3) is 37.7 Å². The Kier molecular flexibility index (Phi) is 3.99. The number of rotatable bonds is 4. The fraction of sp³-hybridized carbons (Fsp3) is 0.100. The van der Waals surface area contributed by atoms with Crippen LogP contribution in [0, 0.1) is 0 Å². The first-order valence-electron chi connectivity index (χ1n) is 8.52. The Morgan fingerprint density at radius 2 is 1.96 bits per heavy atom. The Morgan fingerprint density at radius 3 is 2.75 bits per heavy atom. The SMILES string of the molecule is COc1ccc(OC)c(-c2cn3nc(-c4c[nH]c5ccc(Cl)cc45)sc3n2)c1. The zero-order valence-electron chi connectivity index (χ0n) is 15.1. The van der Waals surface area contributed by atoms with E-state index in [1.165, 1.54) is 11.3 Å². The van der Waals surface area contributed by atoms with Crippen LogP contribution < -0.4 is 9.47 Å². The summed E-state index contributed by atoms with van der Waals surface area (Å²) < 4.78 is 12.6. The average Bonchev–Trinajstić information content (AvgIpc) is 3.39. The summed E-state index contributed by atoms with van der Waals surface area (Å²) in [5, 5.41) is 7.33. The maximum absolute atomic E-state index is 6.16. The first-order valence-corrected chi connectivity index (χ1v) is 9.71. The Hall–Kier alpha value is -3.03. The molecule has 0 radical (unpaired) electrons. The fourth-order valence-electron chi connectivity index (χ4n) is 3.22. The lowest BCUT2D eigenvalue weighted by Gasteiger charge is -2.08. The first kappa shape index (κ1) is 17.1. The van der Waals surface area contributed by atoms with Crippen molar-refractivity contribution in [2.45, 2.75) is 0 Å². The van der Waals surface area contributed by atoms with Crippen molar-refractivity contribution in [3.8, 4) is 33.3 Å². The number of hydrogen-bond donors (Lipinski definition) is 1. The van der Waals surface area contributed by atoms with E-state index in [2.05, 4.69) is 4.98 Å². The van der Waals surface area contributed by atoms with Gasteiger partial charge in [0.2, 0.25) is 4.96 Å². The molecule has 5 rings (SSSR count). The predicted octanol–water partition coefficient (Wildman–Crippen LogP) is 5.28. The standard InChI is InChI=1S/C20H15ClN4O2S/c1-26-12-4-6-18(27-2)14(8-12)17-10-25-20(23-17)28-19(24-25)15-9-22-16-5-3-11(21)7-13(15)16/h3-10,22H,1-2H3. The molecule has 2 aromatic carbocycles. The third-order valence-corrected chi connectivity index (χ3v) is 5.79. The van der Waals surface area contributed by atoms with E-state index in [1.54, 1.807) is 18.7 Å². The van der Waals surface area contributed by atoms with Crippen molar-refractivity contribution >= 4 is 38.8 Å². The smallest absolute Gasteiger partial charge is 0.213 e. The van der Waals surface area contributed by atoms with Gasteiger partial charge in [-0.3, -0.25) is 0 Å². The molecule has 0 saturated carbocycles. The molecule has 0 spiro atoms. The molecular formula is C20H15ClN4O2S. The molecule has 0 atom stereocenters. The lowest BCUT2D eigenvalue weighted by atomic mass is 10.1. The van der Waals surface area contributed by atoms with Crippen LogP contribution in [-0.2, 0) is 0 Å². The summed E-state index contributed by atoms with van der Waals surface area (Å²) in [7, 11) is 3.28. The minimum Gasteiger partial charge on any atom is -0.497 e. The Morgan fingerprint density at radius 1 is 1.07 bits per heavy atom. The van der Waals surface area contributed by atoms with Gasteiger partial charge in [0.15, 0.2) is 0 Å². The van der Waals surface area contributed by atoms with Crippen molar-refractivity contribution in [3.63, 3.8) is 0 Å². The molecule has 0 amide bonds. The molecule has 6 nitrogen and oxygen atoms in total. The third-order valence-electron chi connectivity index (χ3n) is 4.60. The van der Waals surface area contributed by atoms with E-state index in [0.29, 0.717) is 5.02 Å². The van der Waals surface area contributed by atoms with Gasteiger partial charge < -0.3 is 14.5 Å². The number of methoxy groups -OCH3 is 2. The van der Waals surface area contributed by atoms with Crippen LogP contribution in [0.5, 0.6) is 11.5 Å². The summed E-state index contributed by atoms with van der Waals surface area (Å²) in [5.74, 6) is 1.48. The number of ether oxygens (including phenoxy) is 2. The van der Waals surface area contributed by atoms with E-state index in [9.17, 15) is 0 Å². The monoisotopic (exact) mass is 410 g/mol. The number of benzene rings is 2. The normalized spacial score (nSPS) is 11.4. The topological polar surface area (TPSA) is 64.4 Å². The Bertz CT molecular complexity index is 1290. The molecule has 0 unspecified atom stereocenters. The van der Waals surface area contributed by atoms with Crippen LogP contribution in [0.3, 0.4) is 0 Å². The Labute approximate surface area is 169 Å². The summed E-state index contributed by atoms with van der Waals surface area (Å²) in [5.41, 5.74) is 3.67. The van der Waals surface area contributed by atoms with Crippen molar-refractivity contribution in [2.75, 3.05) is 14.2 Å². The second-order valence-electron chi connectivity index (χ2n) is 6.22. The highest BCUT2D eigenvalue weighted by molar-refractivity contribution is 7.20. The van der Waals surface area contributed by atoms with Crippen LogP contribution in [0.2, 0.25) is 5.02 Å². The van der Waals surface area contributed by atoms with Gasteiger partial charge in [-0.05, 0) is 36.4 Å². The molecule has 0 aliphatic heterocycles. The second kappa shape index (κ2) is 6.54. The predicted molar refractivity (Wildman–Crippen MR) is 112 cm³/mol. The molecule has 8 heteroatoms. The Balaban J connectivity index is 1.60. The van der Waals surface area contributed by atoms with Crippen molar-refractivity contribution in [1.29, 1.82) is 0 Å². The molecule has 0 aliphatic carbocycles. The molecule has 0 fully saturated rings. The summed E-state index contributed by atoms with van der Waals surface area (Å²) in [4.78, 5) is 8.80. The number of halogens is 1. The zero-order chi connectivity index (χ0) is 19.3. The minimum atomic E-state index is 0.696. The van der Waals surface area contributed by atoms with Gasteiger partial charge in [-0.2, -0.15) is 5.10 Å². The second-order valence-corrected chi connectivity index (χ2v) is 7.61. The number of fused-ring (bicyclic) bond motifs is 2. The molecule has 3 aromatic heterocycles. The quantitative estimate of drug-likeness (QED) is 0.438. The van der Waals surface area contributed by atoms with Gasteiger partial charge in [0, 0.05) is 33.2 Å². The average molecular weight is 411 g/mol. The van der Waals surface area contributed by atoms with E-state index in [1.807, 2.05) is 48.8 Å². The van der Waals surface area contributed by atoms with Crippen LogP contribution >= 0.6 is 22.9 Å². The van der Waals surface area contributed by atoms with Crippen molar-refractivity contribution < 1.29 is 9.47 Å². The summed E-state index contributed by atoms with van der Waals surface area (Å²) >= 11 is 7.68. The van der Waals surface area contributed by atoms with E-state index >= 15 is 0 Å². The van der Waals surface area contributed by atoms with Crippen LogP contribution in [-0.4, -0.2) is 33.8 Å². The van der Waals surface area contributed by atoms with Gasteiger partial charge in [0.05, 0.1) is 26.1 Å². The van der Waals surface area contributed by atoms with E-state index in [4.69, 9.17) is 31.2 Å². The molecule has 3 heterocycles. The minimum absolute atomic E-state index is 0.696. The maximum atomic E-state index is 6.16. The highest BCUT2D eigenvalue weighted by atomic mass is 35.5. The van der Waals surface area contributed by atoms with E-state index < -0.39 is 0 Å². The summed E-state index contributed by atoms with van der Waals surface area (Å²) in [6.45, 7) is 0. The number of H-pyrrole nitrogens is 1. The number of aromatic nitrogens is 4. The van der Waals surface area contributed by atoms with Crippen molar-refractivity contribution in [2.24, 2.45) is 0 Å². The number of aromatic amines is 1. The fourth-order valence-corrected chi connectivity index (χ4v) is 4.31. The summed E-state index contributed by atoms with van der Waals surface area (Å²) in [6, 6.07) is 11.4. The van der Waals surface area contributed by atoms with E-state index in [-0.39, 0.29) is 0 Å². The van der Waals surface area contributed by atoms with E-state index in [0.717, 1.165) is 49.2 Å². The third kappa shape index (κ3) is 2.71. The highest BCUT2D eigenvalue weighted by Gasteiger charge is 2.16. The van der Waals surface area contributed by atoms with Gasteiger partial charge in [0.25, 0.3) is 0 Å². The number of hydrogen-bond acceptors (Lipinski definition) is 5. The molecule has 5 aromatic rings.